The van der Waals surface area contributed by atoms with Crippen molar-refractivity contribution in [1.82, 2.24) is 0 Å². The van der Waals surface area contributed by atoms with Gasteiger partial charge in [0.1, 0.15) is 11.9 Å². The fourth-order valence-corrected chi connectivity index (χ4v) is 3.59. The summed E-state index contributed by atoms with van der Waals surface area (Å²) in [7, 11) is 0. The lowest BCUT2D eigenvalue weighted by Crippen LogP contribution is -2.04. The van der Waals surface area contributed by atoms with E-state index in [1.54, 1.807) is 0 Å². The Morgan fingerprint density at radius 2 is 1.89 bits per heavy atom. The number of hydrogen-bond donors (Lipinski definition) is 1. The number of hydrogen-bond acceptors (Lipinski definition) is 2. The molecule has 1 aromatic heterocycles. The highest BCUT2D eigenvalue weighted by Crippen LogP contribution is 2.35. The summed E-state index contributed by atoms with van der Waals surface area (Å²) in [6.45, 7) is 5.63. The first-order valence-corrected chi connectivity index (χ1v) is 7.21. The van der Waals surface area contributed by atoms with Gasteiger partial charge in [-0.15, -0.1) is 11.3 Å². The molecule has 0 amide bonds. The molecule has 0 aliphatic rings. The van der Waals surface area contributed by atoms with Crippen LogP contribution in [0.5, 0.6) is 0 Å². The van der Waals surface area contributed by atoms with Gasteiger partial charge in [-0.1, -0.05) is 6.07 Å². The number of thiophene rings is 1. The van der Waals surface area contributed by atoms with E-state index < -0.39 is 6.10 Å². The zero-order valence-electron chi connectivity index (χ0n) is 10.4. The lowest BCUT2D eigenvalue weighted by Gasteiger charge is -2.14. The van der Waals surface area contributed by atoms with Gasteiger partial charge in [0.05, 0.1) is 0 Å². The second-order valence-corrected chi connectivity index (χ2v) is 6.57. The molecule has 0 spiro atoms. The van der Waals surface area contributed by atoms with E-state index in [-0.39, 0.29) is 5.82 Å². The Balaban J connectivity index is 2.49. The maximum Gasteiger partial charge on any atom is 0.129 e. The average molecular weight is 329 g/mol. The van der Waals surface area contributed by atoms with E-state index in [0.717, 1.165) is 25.4 Å². The lowest BCUT2D eigenvalue weighted by molar-refractivity contribution is 0.218. The van der Waals surface area contributed by atoms with E-state index in [0.29, 0.717) is 5.56 Å². The minimum atomic E-state index is -0.902. The molecular weight excluding hydrogens is 315 g/mol. The second-order valence-electron chi connectivity index (χ2n) is 4.43. The first-order valence-electron chi connectivity index (χ1n) is 5.60. The van der Waals surface area contributed by atoms with Gasteiger partial charge in [0.2, 0.25) is 0 Å². The number of rotatable bonds is 2. The lowest BCUT2D eigenvalue weighted by atomic mass is 9.99. The Kier molecular flexibility index (Phi) is 3.90. The standard InChI is InChI=1S/C14H14BrFOS/c1-7-4-8(2)13(11(16)5-7)14(17)12-6-10(15)9(3)18-12/h4-6,14,17H,1-3H3. The maximum absolute atomic E-state index is 14.0. The smallest absolute Gasteiger partial charge is 0.129 e. The largest absolute Gasteiger partial charge is 0.383 e. The third-order valence-electron chi connectivity index (χ3n) is 2.90. The molecule has 96 valence electrons. The third kappa shape index (κ3) is 2.51. The molecule has 0 aliphatic heterocycles. The predicted molar refractivity (Wildman–Crippen MR) is 76.7 cm³/mol. The molecule has 2 rings (SSSR count). The summed E-state index contributed by atoms with van der Waals surface area (Å²) < 4.78 is 14.9. The van der Waals surface area contributed by atoms with Crippen LogP contribution < -0.4 is 0 Å². The molecule has 1 atom stereocenters. The highest BCUT2D eigenvalue weighted by atomic mass is 79.9. The quantitative estimate of drug-likeness (QED) is 0.850. The van der Waals surface area contributed by atoms with Crippen LogP contribution in [0.4, 0.5) is 4.39 Å². The average Bonchev–Trinajstić information content (AvgIpc) is 2.57. The van der Waals surface area contributed by atoms with Crippen LogP contribution in [-0.4, -0.2) is 5.11 Å². The molecule has 0 fully saturated rings. The van der Waals surface area contributed by atoms with E-state index in [2.05, 4.69) is 15.9 Å². The highest BCUT2D eigenvalue weighted by molar-refractivity contribution is 9.10. The van der Waals surface area contributed by atoms with Crippen molar-refractivity contribution in [1.29, 1.82) is 0 Å². The maximum atomic E-state index is 14.0. The molecule has 1 unspecified atom stereocenters. The van der Waals surface area contributed by atoms with Crippen LogP contribution in [0.1, 0.15) is 32.5 Å². The number of aliphatic hydroxyl groups excluding tert-OH is 1. The van der Waals surface area contributed by atoms with Gasteiger partial charge < -0.3 is 5.11 Å². The van der Waals surface area contributed by atoms with Gasteiger partial charge in [0.15, 0.2) is 0 Å². The van der Waals surface area contributed by atoms with Crippen LogP contribution >= 0.6 is 27.3 Å². The van der Waals surface area contributed by atoms with Crippen LogP contribution in [0.25, 0.3) is 0 Å². The van der Waals surface area contributed by atoms with Crippen LogP contribution in [0.2, 0.25) is 0 Å². The molecule has 0 bridgehead atoms. The van der Waals surface area contributed by atoms with Crippen molar-refractivity contribution >= 4 is 27.3 Å². The number of aliphatic hydroxyl groups is 1. The zero-order valence-corrected chi connectivity index (χ0v) is 12.8. The highest BCUT2D eigenvalue weighted by Gasteiger charge is 2.20. The third-order valence-corrected chi connectivity index (χ3v) is 5.09. The SMILES string of the molecule is Cc1cc(C)c(C(O)c2cc(Br)c(C)s2)c(F)c1. The summed E-state index contributed by atoms with van der Waals surface area (Å²) in [5.41, 5.74) is 2.01. The molecule has 4 heteroatoms. The van der Waals surface area contributed by atoms with Crippen molar-refractivity contribution in [2.45, 2.75) is 26.9 Å². The van der Waals surface area contributed by atoms with Crippen LogP contribution in [-0.2, 0) is 0 Å². The summed E-state index contributed by atoms with van der Waals surface area (Å²) >= 11 is 4.89. The van der Waals surface area contributed by atoms with Crippen molar-refractivity contribution in [2.24, 2.45) is 0 Å². The Hall–Kier alpha value is -0.710. The van der Waals surface area contributed by atoms with Crippen molar-refractivity contribution in [3.63, 3.8) is 0 Å². The summed E-state index contributed by atoms with van der Waals surface area (Å²) in [6.07, 6.45) is -0.902. The van der Waals surface area contributed by atoms with Gasteiger partial charge >= 0.3 is 0 Å². The van der Waals surface area contributed by atoms with E-state index in [1.807, 2.05) is 32.9 Å². The first-order chi connectivity index (χ1) is 8.40. The number of aryl methyl sites for hydroxylation is 3. The molecule has 0 aliphatic carbocycles. The molecule has 1 heterocycles. The van der Waals surface area contributed by atoms with E-state index in [1.165, 1.54) is 17.4 Å². The Bertz CT molecular complexity index is 549. The molecule has 1 aromatic carbocycles. The number of halogens is 2. The minimum Gasteiger partial charge on any atom is -0.383 e. The summed E-state index contributed by atoms with van der Waals surface area (Å²) in [5.74, 6) is -0.345. The molecule has 0 saturated carbocycles. The Labute approximate surface area is 118 Å². The van der Waals surface area contributed by atoms with Crippen LogP contribution in [0, 0.1) is 26.6 Å². The summed E-state index contributed by atoms with van der Waals surface area (Å²) in [6, 6.07) is 5.20. The van der Waals surface area contributed by atoms with Gasteiger partial charge in [-0.05, 0) is 60.0 Å². The van der Waals surface area contributed by atoms with Crippen molar-refractivity contribution in [3.05, 3.63) is 54.9 Å². The van der Waals surface area contributed by atoms with Crippen molar-refractivity contribution in [3.8, 4) is 0 Å². The molecule has 0 radical (unpaired) electrons. The normalized spacial score (nSPS) is 12.8. The first kappa shape index (κ1) is 13.7. The number of benzene rings is 1. The Morgan fingerprint density at radius 3 is 2.39 bits per heavy atom. The molecule has 18 heavy (non-hydrogen) atoms. The van der Waals surface area contributed by atoms with Crippen molar-refractivity contribution in [2.75, 3.05) is 0 Å². The predicted octanol–water partition coefficient (Wildman–Crippen LogP) is 4.66. The van der Waals surface area contributed by atoms with Crippen LogP contribution in [0.15, 0.2) is 22.7 Å². The topological polar surface area (TPSA) is 20.2 Å². The summed E-state index contributed by atoms with van der Waals surface area (Å²) in [5, 5.41) is 10.3. The van der Waals surface area contributed by atoms with E-state index >= 15 is 0 Å². The zero-order chi connectivity index (χ0) is 13.4. The molecular formula is C14H14BrFOS. The van der Waals surface area contributed by atoms with Gasteiger partial charge in [0, 0.05) is 19.8 Å². The monoisotopic (exact) mass is 328 g/mol. The fraction of sp³-hybridized carbons (Fsp3) is 0.286. The summed E-state index contributed by atoms with van der Waals surface area (Å²) in [4.78, 5) is 1.83. The fourth-order valence-electron chi connectivity index (χ4n) is 2.03. The van der Waals surface area contributed by atoms with E-state index in [4.69, 9.17) is 0 Å². The second kappa shape index (κ2) is 5.11. The molecule has 1 nitrogen and oxygen atoms in total. The van der Waals surface area contributed by atoms with Crippen LogP contribution in [0.3, 0.4) is 0 Å². The molecule has 2 aromatic rings. The van der Waals surface area contributed by atoms with E-state index in [9.17, 15) is 9.50 Å². The van der Waals surface area contributed by atoms with Crippen molar-refractivity contribution < 1.29 is 9.50 Å². The van der Waals surface area contributed by atoms with Gasteiger partial charge in [-0.3, -0.25) is 0 Å². The molecule has 0 saturated heterocycles. The minimum absolute atomic E-state index is 0.345. The Morgan fingerprint density at radius 1 is 1.22 bits per heavy atom. The molecule has 1 N–H and O–H groups in total. The van der Waals surface area contributed by atoms with Gasteiger partial charge in [-0.2, -0.15) is 0 Å². The van der Waals surface area contributed by atoms with Gasteiger partial charge in [-0.25, -0.2) is 4.39 Å². The van der Waals surface area contributed by atoms with Gasteiger partial charge in [0.25, 0.3) is 0 Å².